The molecular formula is C20H15BrF3N3O2. The lowest BCUT2D eigenvalue weighted by Crippen LogP contribution is -2.14. The van der Waals surface area contributed by atoms with Gasteiger partial charge in [-0.3, -0.25) is 9.78 Å². The number of alkyl halides is 3. The highest BCUT2D eigenvalue weighted by molar-refractivity contribution is 9.10. The molecule has 0 unspecified atom stereocenters. The molecular weight excluding hydrogens is 451 g/mol. The predicted molar refractivity (Wildman–Crippen MR) is 103 cm³/mol. The largest absolute Gasteiger partial charge is 0.416 e. The van der Waals surface area contributed by atoms with Crippen LogP contribution in [-0.4, -0.2) is 16.0 Å². The van der Waals surface area contributed by atoms with Gasteiger partial charge in [0, 0.05) is 33.7 Å². The summed E-state index contributed by atoms with van der Waals surface area (Å²) < 4.78 is 46.4. The van der Waals surface area contributed by atoms with E-state index in [4.69, 9.17) is 4.52 Å². The third-order valence-electron chi connectivity index (χ3n) is 4.71. The highest BCUT2D eigenvalue weighted by Crippen LogP contribution is 2.38. The number of nitrogens with zero attached hydrogens (tertiary/aromatic N) is 2. The van der Waals surface area contributed by atoms with Gasteiger partial charge in [0.15, 0.2) is 5.76 Å². The number of nitrogens with one attached hydrogen (secondary N) is 1. The van der Waals surface area contributed by atoms with Crippen molar-refractivity contribution in [3.63, 3.8) is 0 Å². The molecule has 0 aliphatic heterocycles. The van der Waals surface area contributed by atoms with Gasteiger partial charge in [0.05, 0.1) is 16.8 Å². The zero-order valence-corrected chi connectivity index (χ0v) is 16.6. The number of carbonyl (C=O) groups excluding carboxylic acids is 1. The summed E-state index contributed by atoms with van der Waals surface area (Å²) in [5, 5.41) is 6.53. The molecule has 3 aromatic rings. The second-order valence-electron chi connectivity index (χ2n) is 6.79. The minimum atomic E-state index is -4.58. The van der Waals surface area contributed by atoms with Crippen molar-refractivity contribution in [1.82, 2.24) is 10.1 Å². The number of benzene rings is 1. The molecule has 1 aliphatic rings. The number of rotatable bonds is 3. The van der Waals surface area contributed by atoms with Gasteiger partial charge < -0.3 is 9.84 Å². The molecule has 0 atom stereocenters. The molecule has 29 heavy (non-hydrogen) atoms. The Morgan fingerprint density at radius 3 is 2.66 bits per heavy atom. The first kappa shape index (κ1) is 19.6. The minimum absolute atomic E-state index is 0.0146. The number of hydrogen-bond donors (Lipinski definition) is 1. The second kappa shape index (κ2) is 7.62. The number of hydrogen-bond acceptors (Lipinski definition) is 4. The van der Waals surface area contributed by atoms with Crippen LogP contribution in [0.5, 0.6) is 0 Å². The first-order valence-corrected chi connectivity index (χ1v) is 9.72. The zero-order valence-electron chi connectivity index (χ0n) is 15.0. The van der Waals surface area contributed by atoms with E-state index >= 15 is 0 Å². The van der Waals surface area contributed by atoms with E-state index < -0.39 is 17.6 Å². The standard InChI is InChI=1S/C20H15BrF3N3O2/c21-14-6-12(9-25-10-14)19(28)26-15-7-11(5-13(8-15)20(22,23)24)18-16-3-1-2-4-17(16)27-29-18/h5-10H,1-4H2,(H,26,28). The Labute approximate surface area is 172 Å². The lowest BCUT2D eigenvalue weighted by molar-refractivity contribution is -0.137. The zero-order chi connectivity index (χ0) is 20.6. The van der Waals surface area contributed by atoms with Gasteiger partial charge in [-0.05, 0) is 65.9 Å². The summed E-state index contributed by atoms with van der Waals surface area (Å²) in [4.78, 5) is 16.4. The first-order valence-electron chi connectivity index (χ1n) is 8.93. The van der Waals surface area contributed by atoms with E-state index in [2.05, 4.69) is 31.4 Å². The summed E-state index contributed by atoms with van der Waals surface area (Å²) in [5.74, 6) is -0.242. The van der Waals surface area contributed by atoms with Gasteiger partial charge >= 0.3 is 6.18 Å². The number of pyridine rings is 1. The number of amides is 1. The van der Waals surface area contributed by atoms with Crippen LogP contribution in [0.15, 0.2) is 45.7 Å². The van der Waals surface area contributed by atoms with Gasteiger partial charge in [-0.1, -0.05) is 5.16 Å². The van der Waals surface area contributed by atoms with E-state index in [0.717, 1.165) is 42.7 Å². The van der Waals surface area contributed by atoms with Gasteiger partial charge in [0.25, 0.3) is 5.91 Å². The van der Waals surface area contributed by atoms with Gasteiger partial charge in [-0.25, -0.2) is 0 Å². The van der Waals surface area contributed by atoms with Gasteiger partial charge in [-0.2, -0.15) is 13.2 Å². The molecule has 1 N–H and O–H groups in total. The Morgan fingerprint density at radius 2 is 1.90 bits per heavy atom. The van der Waals surface area contributed by atoms with Crippen LogP contribution in [0, 0.1) is 0 Å². The first-order chi connectivity index (χ1) is 13.8. The monoisotopic (exact) mass is 465 g/mol. The van der Waals surface area contributed by atoms with Crippen LogP contribution >= 0.6 is 15.9 Å². The number of carbonyl (C=O) groups is 1. The average Bonchev–Trinajstić information content (AvgIpc) is 3.11. The van der Waals surface area contributed by atoms with Crippen LogP contribution < -0.4 is 5.32 Å². The molecule has 0 fully saturated rings. The van der Waals surface area contributed by atoms with Crippen LogP contribution in [0.4, 0.5) is 18.9 Å². The molecule has 0 bridgehead atoms. The quantitative estimate of drug-likeness (QED) is 0.542. The van der Waals surface area contributed by atoms with Crippen molar-refractivity contribution in [3.8, 4) is 11.3 Å². The lowest BCUT2D eigenvalue weighted by atomic mass is 9.93. The SMILES string of the molecule is O=C(Nc1cc(-c2onc3c2CCCC3)cc(C(F)(F)F)c1)c1cncc(Br)c1. The van der Waals surface area contributed by atoms with Crippen molar-refractivity contribution in [2.75, 3.05) is 5.32 Å². The predicted octanol–water partition coefficient (Wildman–Crippen LogP) is 5.65. The smallest absolute Gasteiger partial charge is 0.356 e. The Kier molecular flexibility index (Phi) is 5.16. The van der Waals surface area contributed by atoms with Gasteiger partial charge in [-0.15, -0.1) is 0 Å². The minimum Gasteiger partial charge on any atom is -0.356 e. The number of aromatic nitrogens is 2. The maximum absolute atomic E-state index is 13.5. The van der Waals surface area contributed by atoms with E-state index in [0.29, 0.717) is 16.7 Å². The normalized spacial score (nSPS) is 13.8. The summed E-state index contributed by atoms with van der Waals surface area (Å²) in [7, 11) is 0. The van der Waals surface area contributed by atoms with Crippen molar-refractivity contribution >= 4 is 27.5 Å². The Hall–Kier alpha value is -2.68. The lowest BCUT2D eigenvalue weighted by Gasteiger charge is -2.14. The van der Waals surface area contributed by atoms with Gasteiger partial charge in [0.1, 0.15) is 0 Å². The molecule has 0 saturated carbocycles. The van der Waals surface area contributed by atoms with E-state index in [9.17, 15) is 18.0 Å². The third-order valence-corrected chi connectivity index (χ3v) is 5.14. The average molecular weight is 466 g/mol. The van der Waals surface area contributed by atoms with E-state index in [1.807, 2.05) is 0 Å². The van der Waals surface area contributed by atoms with Crippen LogP contribution in [0.2, 0.25) is 0 Å². The van der Waals surface area contributed by atoms with Crippen LogP contribution in [0.3, 0.4) is 0 Å². The van der Waals surface area contributed by atoms with Crippen LogP contribution in [-0.2, 0) is 19.0 Å². The molecule has 2 heterocycles. The van der Waals surface area contributed by atoms with Crippen LogP contribution in [0.1, 0.15) is 40.0 Å². The second-order valence-corrected chi connectivity index (χ2v) is 7.70. The molecule has 1 aromatic carbocycles. The van der Waals surface area contributed by atoms with Crippen molar-refractivity contribution in [2.24, 2.45) is 0 Å². The number of anilines is 1. The summed E-state index contributed by atoms with van der Waals surface area (Å²) in [6.45, 7) is 0. The van der Waals surface area contributed by atoms with Gasteiger partial charge in [0.2, 0.25) is 0 Å². The van der Waals surface area contributed by atoms with E-state index in [1.54, 1.807) is 0 Å². The highest BCUT2D eigenvalue weighted by atomic mass is 79.9. The number of aryl methyl sites for hydroxylation is 1. The number of fused-ring (bicyclic) bond motifs is 1. The molecule has 0 saturated heterocycles. The van der Waals surface area contributed by atoms with E-state index in [1.165, 1.54) is 24.5 Å². The molecule has 0 spiro atoms. The summed E-state index contributed by atoms with van der Waals surface area (Å²) in [6, 6.07) is 4.92. The molecule has 5 nitrogen and oxygen atoms in total. The highest BCUT2D eigenvalue weighted by Gasteiger charge is 2.32. The third kappa shape index (κ3) is 4.19. The fourth-order valence-corrected chi connectivity index (χ4v) is 3.72. The molecule has 0 radical (unpaired) electrons. The molecule has 150 valence electrons. The topological polar surface area (TPSA) is 68.0 Å². The molecule has 1 aliphatic carbocycles. The summed E-state index contributed by atoms with van der Waals surface area (Å²) >= 11 is 3.22. The van der Waals surface area contributed by atoms with E-state index in [-0.39, 0.29) is 16.8 Å². The summed E-state index contributed by atoms with van der Waals surface area (Å²) in [6.07, 6.45) is 1.62. The maximum atomic E-state index is 13.5. The molecule has 4 rings (SSSR count). The van der Waals surface area contributed by atoms with Crippen LogP contribution in [0.25, 0.3) is 11.3 Å². The van der Waals surface area contributed by atoms with Crippen molar-refractivity contribution in [3.05, 3.63) is 63.5 Å². The maximum Gasteiger partial charge on any atom is 0.416 e. The van der Waals surface area contributed by atoms with Crippen molar-refractivity contribution in [1.29, 1.82) is 0 Å². The Bertz CT molecular complexity index is 1080. The fraction of sp³-hybridized carbons (Fsp3) is 0.250. The molecule has 1 amide bonds. The Morgan fingerprint density at radius 1 is 1.10 bits per heavy atom. The van der Waals surface area contributed by atoms with Crippen molar-refractivity contribution < 1.29 is 22.5 Å². The number of halogens is 4. The fourth-order valence-electron chi connectivity index (χ4n) is 3.35. The summed E-state index contributed by atoms with van der Waals surface area (Å²) in [5.41, 5.74) is 1.21. The van der Waals surface area contributed by atoms with Crippen molar-refractivity contribution in [2.45, 2.75) is 31.9 Å². The molecule has 9 heteroatoms. The molecule has 2 aromatic heterocycles. The Balaban J connectivity index is 1.74.